The summed E-state index contributed by atoms with van der Waals surface area (Å²) in [5.74, 6) is -1.08. The van der Waals surface area contributed by atoms with Crippen LogP contribution >= 0.6 is 0 Å². The number of nitrogens with one attached hydrogen (secondary N) is 1. The Labute approximate surface area is 123 Å². The molecular formula is C16H20N2O3. The van der Waals surface area contributed by atoms with Crippen molar-refractivity contribution in [2.45, 2.75) is 51.4 Å². The maximum atomic E-state index is 12.1. The topological polar surface area (TPSA) is 79.3 Å². The Morgan fingerprint density at radius 2 is 2.00 bits per heavy atom. The van der Waals surface area contributed by atoms with Gasteiger partial charge in [-0.3, -0.25) is 14.6 Å². The van der Waals surface area contributed by atoms with E-state index in [9.17, 15) is 14.7 Å². The minimum absolute atomic E-state index is 0.0550. The van der Waals surface area contributed by atoms with E-state index in [0.29, 0.717) is 18.5 Å². The van der Waals surface area contributed by atoms with E-state index in [1.807, 2.05) is 6.07 Å². The Hall–Kier alpha value is -1.91. The van der Waals surface area contributed by atoms with E-state index in [1.165, 1.54) is 12.0 Å². The molecule has 0 spiro atoms. The van der Waals surface area contributed by atoms with Gasteiger partial charge < -0.3 is 10.4 Å². The van der Waals surface area contributed by atoms with Gasteiger partial charge in [0, 0.05) is 12.1 Å². The van der Waals surface area contributed by atoms with E-state index < -0.39 is 11.4 Å². The molecule has 0 aromatic carbocycles. The molecule has 3 rings (SSSR count). The van der Waals surface area contributed by atoms with Crippen molar-refractivity contribution in [2.75, 3.05) is 5.32 Å². The minimum Gasteiger partial charge on any atom is -0.481 e. The van der Waals surface area contributed by atoms with Gasteiger partial charge >= 0.3 is 5.97 Å². The van der Waals surface area contributed by atoms with E-state index in [-0.39, 0.29) is 12.3 Å². The van der Waals surface area contributed by atoms with Gasteiger partial charge in [-0.1, -0.05) is 6.42 Å². The molecular weight excluding hydrogens is 268 g/mol. The third-order valence-electron chi connectivity index (χ3n) is 4.72. The van der Waals surface area contributed by atoms with Crippen LogP contribution in [0, 0.1) is 5.41 Å². The van der Waals surface area contributed by atoms with Crippen LogP contribution in [0.25, 0.3) is 0 Å². The van der Waals surface area contributed by atoms with Crippen molar-refractivity contribution in [3.05, 3.63) is 23.5 Å². The van der Waals surface area contributed by atoms with E-state index in [2.05, 4.69) is 10.3 Å². The molecule has 5 heteroatoms. The van der Waals surface area contributed by atoms with Gasteiger partial charge in [0.1, 0.15) is 0 Å². The molecule has 0 saturated heterocycles. The van der Waals surface area contributed by atoms with Crippen LogP contribution in [-0.2, 0) is 22.4 Å². The number of carbonyl (C=O) groups excluding carboxylic acids is 1. The number of aryl methyl sites for hydroxylation is 2. The van der Waals surface area contributed by atoms with Gasteiger partial charge in [-0.15, -0.1) is 0 Å². The molecule has 1 aromatic heterocycles. The van der Waals surface area contributed by atoms with Crippen LogP contribution in [0.3, 0.4) is 0 Å². The lowest BCUT2D eigenvalue weighted by Gasteiger charge is -2.36. The highest BCUT2D eigenvalue weighted by Gasteiger charge is 2.45. The summed E-state index contributed by atoms with van der Waals surface area (Å²) in [4.78, 5) is 27.8. The van der Waals surface area contributed by atoms with Crippen molar-refractivity contribution in [1.82, 2.24) is 4.98 Å². The fourth-order valence-corrected chi connectivity index (χ4v) is 3.24. The van der Waals surface area contributed by atoms with Crippen LogP contribution in [0.5, 0.6) is 0 Å². The van der Waals surface area contributed by atoms with E-state index in [4.69, 9.17) is 0 Å². The second-order valence-electron chi connectivity index (χ2n) is 6.20. The monoisotopic (exact) mass is 288 g/mol. The number of aromatic nitrogens is 1. The summed E-state index contributed by atoms with van der Waals surface area (Å²) in [5, 5.41) is 12.1. The molecule has 2 aliphatic carbocycles. The second kappa shape index (κ2) is 5.47. The van der Waals surface area contributed by atoms with E-state index >= 15 is 0 Å². The smallest absolute Gasteiger partial charge is 0.310 e. The summed E-state index contributed by atoms with van der Waals surface area (Å²) < 4.78 is 0. The highest BCUT2D eigenvalue weighted by Crippen LogP contribution is 2.44. The number of nitrogens with zero attached hydrogens (tertiary/aromatic N) is 1. The van der Waals surface area contributed by atoms with Gasteiger partial charge in [0.25, 0.3) is 0 Å². The molecule has 5 nitrogen and oxygen atoms in total. The van der Waals surface area contributed by atoms with Crippen LogP contribution in [0.2, 0.25) is 0 Å². The van der Waals surface area contributed by atoms with Crippen LogP contribution < -0.4 is 5.32 Å². The van der Waals surface area contributed by atoms with Gasteiger partial charge in [0.05, 0.1) is 17.3 Å². The molecule has 0 radical (unpaired) electrons. The Balaban J connectivity index is 1.66. The second-order valence-corrected chi connectivity index (χ2v) is 6.20. The van der Waals surface area contributed by atoms with Crippen molar-refractivity contribution in [3.63, 3.8) is 0 Å². The number of rotatable bonds is 4. The molecule has 1 heterocycles. The summed E-state index contributed by atoms with van der Waals surface area (Å²) in [5.41, 5.74) is 2.17. The molecule has 1 aromatic rings. The van der Waals surface area contributed by atoms with Gasteiger partial charge in [-0.25, -0.2) is 0 Å². The third-order valence-corrected chi connectivity index (χ3v) is 4.72. The highest BCUT2D eigenvalue weighted by atomic mass is 16.4. The van der Waals surface area contributed by atoms with Crippen molar-refractivity contribution >= 4 is 17.6 Å². The van der Waals surface area contributed by atoms with Crippen LogP contribution in [0.15, 0.2) is 12.3 Å². The number of pyridine rings is 1. The normalized spacial score (nSPS) is 19.2. The molecule has 0 unspecified atom stereocenters. The van der Waals surface area contributed by atoms with Crippen molar-refractivity contribution in [3.8, 4) is 0 Å². The largest absolute Gasteiger partial charge is 0.481 e. The fraction of sp³-hybridized carbons (Fsp3) is 0.562. The standard InChI is InChI=1S/C16H20N2O3/c19-14(9-16(15(20)21)6-3-7-16)18-12-8-11-4-1-2-5-13(11)17-10-12/h8,10H,1-7,9H2,(H,18,19)(H,20,21). The summed E-state index contributed by atoms with van der Waals surface area (Å²) in [6, 6.07) is 1.98. The van der Waals surface area contributed by atoms with Crippen molar-refractivity contribution in [2.24, 2.45) is 5.41 Å². The summed E-state index contributed by atoms with van der Waals surface area (Å²) in [6.07, 6.45) is 8.16. The third kappa shape index (κ3) is 2.77. The molecule has 1 saturated carbocycles. The van der Waals surface area contributed by atoms with Crippen LogP contribution in [0.4, 0.5) is 5.69 Å². The predicted octanol–water partition coefficient (Wildman–Crippen LogP) is 2.54. The van der Waals surface area contributed by atoms with Gasteiger partial charge in [-0.2, -0.15) is 0 Å². The number of carboxylic acid groups (broad SMARTS) is 1. The molecule has 21 heavy (non-hydrogen) atoms. The Kier molecular flexibility index (Phi) is 3.66. The molecule has 112 valence electrons. The summed E-state index contributed by atoms with van der Waals surface area (Å²) in [6.45, 7) is 0. The fourth-order valence-electron chi connectivity index (χ4n) is 3.24. The average Bonchev–Trinajstić information content (AvgIpc) is 2.42. The van der Waals surface area contributed by atoms with Gasteiger partial charge in [0.15, 0.2) is 0 Å². The number of hydrogen-bond acceptors (Lipinski definition) is 3. The molecule has 0 atom stereocenters. The predicted molar refractivity (Wildman–Crippen MR) is 78.0 cm³/mol. The van der Waals surface area contributed by atoms with E-state index in [0.717, 1.165) is 31.4 Å². The number of fused-ring (bicyclic) bond motifs is 1. The number of aliphatic carboxylic acids is 1. The Morgan fingerprint density at radius 3 is 2.67 bits per heavy atom. The maximum absolute atomic E-state index is 12.1. The quantitative estimate of drug-likeness (QED) is 0.892. The molecule has 0 aliphatic heterocycles. The van der Waals surface area contributed by atoms with Crippen molar-refractivity contribution < 1.29 is 14.7 Å². The first-order valence-corrected chi connectivity index (χ1v) is 7.60. The van der Waals surface area contributed by atoms with Gasteiger partial charge in [0.2, 0.25) is 5.91 Å². The zero-order chi connectivity index (χ0) is 14.9. The first-order valence-electron chi connectivity index (χ1n) is 7.60. The summed E-state index contributed by atoms with van der Waals surface area (Å²) >= 11 is 0. The van der Waals surface area contributed by atoms with Crippen LogP contribution in [0.1, 0.15) is 49.8 Å². The molecule has 1 amide bonds. The number of anilines is 1. The zero-order valence-corrected chi connectivity index (χ0v) is 12.0. The van der Waals surface area contributed by atoms with Crippen LogP contribution in [-0.4, -0.2) is 22.0 Å². The minimum atomic E-state index is -0.854. The first-order chi connectivity index (χ1) is 10.1. The number of carbonyl (C=O) groups is 2. The highest BCUT2D eigenvalue weighted by molar-refractivity contribution is 5.94. The molecule has 2 N–H and O–H groups in total. The number of amides is 1. The lowest BCUT2D eigenvalue weighted by molar-refractivity contribution is -0.157. The van der Waals surface area contributed by atoms with Gasteiger partial charge in [-0.05, 0) is 50.2 Å². The zero-order valence-electron chi connectivity index (χ0n) is 12.0. The summed E-state index contributed by atoms with van der Waals surface area (Å²) in [7, 11) is 0. The Morgan fingerprint density at radius 1 is 1.24 bits per heavy atom. The molecule has 0 bridgehead atoms. The average molecular weight is 288 g/mol. The molecule has 1 fully saturated rings. The maximum Gasteiger partial charge on any atom is 0.310 e. The SMILES string of the molecule is O=C(CC1(C(=O)O)CCC1)Nc1cnc2c(c1)CCCC2. The lowest BCUT2D eigenvalue weighted by Crippen LogP contribution is -2.41. The first kappa shape index (κ1) is 14.0. The lowest BCUT2D eigenvalue weighted by atomic mass is 9.66. The Bertz CT molecular complexity index is 579. The number of carboxylic acids is 1. The number of hydrogen-bond donors (Lipinski definition) is 2. The van der Waals surface area contributed by atoms with Crippen molar-refractivity contribution in [1.29, 1.82) is 0 Å². The molecule has 2 aliphatic rings. The van der Waals surface area contributed by atoms with E-state index in [1.54, 1.807) is 6.20 Å².